The van der Waals surface area contributed by atoms with Crippen LogP contribution in [0.15, 0.2) is 59.2 Å². The standard InChI is InChI=1S/C20H21N3O3S.Na/c1-15-12-18(20(21-3)22-4)13-16(2)23(15)19-10-7-9-17(14-19)8-5-6-11-27(24,25)26;/h7,9-10,12-14H,5-6,8,11H2,1-2H3,(H,24,25,26);/q;+1/p-1. The van der Waals surface area contributed by atoms with Crippen LogP contribution in [0.1, 0.15) is 32.3 Å². The van der Waals surface area contributed by atoms with E-state index in [1.807, 2.05) is 55.2 Å². The van der Waals surface area contributed by atoms with Crippen LogP contribution in [0.5, 0.6) is 0 Å². The van der Waals surface area contributed by atoms with Crippen molar-refractivity contribution in [3.8, 4) is 0 Å². The molecule has 1 heterocycles. The molecule has 0 aliphatic carbocycles. The summed E-state index contributed by atoms with van der Waals surface area (Å²) in [6.07, 6.45) is 5.31. The predicted molar refractivity (Wildman–Crippen MR) is 104 cm³/mol. The predicted octanol–water partition coefficient (Wildman–Crippen LogP) is 1.24. The molecule has 0 amide bonds. The molecule has 6 nitrogen and oxygen atoms in total. The molecule has 140 valence electrons. The van der Waals surface area contributed by atoms with Crippen molar-refractivity contribution in [1.82, 2.24) is 0 Å². The number of hydrogen-bond donors (Lipinski definition) is 0. The Morgan fingerprint density at radius 3 is 2.25 bits per heavy atom. The van der Waals surface area contributed by atoms with Gasteiger partial charge in [0.15, 0.2) is 0 Å². The monoisotopic (exact) mass is 405 g/mol. The summed E-state index contributed by atoms with van der Waals surface area (Å²) in [6.45, 7) is 18.1. The minimum absolute atomic E-state index is 0. The van der Waals surface area contributed by atoms with Gasteiger partial charge < -0.3 is 9.45 Å². The van der Waals surface area contributed by atoms with Gasteiger partial charge in [0.2, 0.25) is 0 Å². The van der Waals surface area contributed by atoms with Gasteiger partial charge in [-0.25, -0.2) is 8.42 Å². The van der Waals surface area contributed by atoms with Gasteiger partial charge in [-0.05, 0) is 63.0 Å². The largest absolute Gasteiger partial charge is 1.00 e. The Morgan fingerprint density at radius 1 is 1.11 bits per heavy atom. The average Bonchev–Trinajstić information content (AvgIpc) is 2.59. The molecule has 0 radical (unpaired) electrons. The summed E-state index contributed by atoms with van der Waals surface area (Å²) >= 11 is 0. The molecule has 0 spiro atoms. The van der Waals surface area contributed by atoms with Gasteiger partial charge in [-0.15, -0.1) is 0 Å². The Balaban J connectivity index is 0.00000392. The minimum Gasteiger partial charge on any atom is -0.748 e. The first-order valence-electron chi connectivity index (χ1n) is 8.43. The smallest absolute Gasteiger partial charge is 0.748 e. The number of benzene rings is 1. The van der Waals surface area contributed by atoms with Crippen LogP contribution >= 0.6 is 0 Å². The molecule has 0 atom stereocenters. The molecule has 0 saturated carbocycles. The topological polar surface area (TPSA) is 69.2 Å². The Kier molecular flexibility index (Phi) is 9.16. The van der Waals surface area contributed by atoms with Crippen molar-refractivity contribution >= 4 is 15.8 Å². The van der Waals surface area contributed by atoms with E-state index in [1.54, 1.807) is 0 Å². The average molecular weight is 405 g/mol. The van der Waals surface area contributed by atoms with Gasteiger partial charge in [0.25, 0.3) is 0 Å². The fourth-order valence-electron chi connectivity index (χ4n) is 3.05. The number of allylic oxidation sites excluding steroid dienone is 5. The molecule has 1 aromatic rings. The molecule has 1 aliphatic heterocycles. The van der Waals surface area contributed by atoms with E-state index in [2.05, 4.69) is 9.69 Å². The summed E-state index contributed by atoms with van der Waals surface area (Å²) < 4.78 is 32.0. The van der Waals surface area contributed by atoms with Gasteiger partial charge in [-0.1, -0.05) is 12.1 Å². The zero-order valence-corrected chi connectivity index (χ0v) is 19.1. The van der Waals surface area contributed by atoms with Crippen molar-refractivity contribution in [3.63, 3.8) is 0 Å². The fraction of sp³-hybridized carbons (Fsp3) is 0.300. The fourth-order valence-corrected chi connectivity index (χ4v) is 3.61. The molecule has 0 aromatic heterocycles. The number of rotatable bonds is 6. The van der Waals surface area contributed by atoms with Crippen molar-refractivity contribution in [2.75, 3.05) is 10.7 Å². The quantitative estimate of drug-likeness (QED) is 0.309. The van der Waals surface area contributed by atoms with Crippen LogP contribution in [-0.2, 0) is 16.5 Å². The van der Waals surface area contributed by atoms with Crippen molar-refractivity contribution in [1.29, 1.82) is 0 Å². The molecule has 1 aliphatic rings. The number of unbranched alkanes of at least 4 members (excludes halogenated alkanes) is 1. The molecule has 0 unspecified atom stereocenters. The van der Waals surface area contributed by atoms with Crippen LogP contribution < -0.4 is 34.5 Å². The molecule has 0 N–H and O–H groups in total. The summed E-state index contributed by atoms with van der Waals surface area (Å²) in [5, 5.41) is 0. The van der Waals surface area contributed by atoms with Crippen LogP contribution in [0.25, 0.3) is 9.69 Å². The van der Waals surface area contributed by atoms with Crippen molar-refractivity contribution in [3.05, 3.63) is 87.6 Å². The molecule has 2 rings (SSSR count). The molecule has 28 heavy (non-hydrogen) atoms. The summed E-state index contributed by atoms with van der Waals surface area (Å²) in [7, 11) is -4.15. The van der Waals surface area contributed by atoms with Gasteiger partial charge >= 0.3 is 35.4 Å². The van der Waals surface area contributed by atoms with Crippen molar-refractivity contribution in [2.24, 2.45) is 0 Å². The van der Waals surface area contributed by atoms with Crippen LogP contribution in [-0.4, -0.2) is 18.7 Å². The summed E-state index contributed by atoms with van der Waals surface area (Å²) in [5.41, 5.74) is 4.44. The van der Waals surface area contributed by atoms with Crippen molar-refractivity contribution in [2.45, 2.75) is 33.1 Å². The van der Waals surface area contributed by atoms with Gasteiger partial charge in [0.1, 0.15) is 13.1 Å². The number of anilines is 1. The van der Waals surface area contributed by atoms with Crippen LogP contribution in [0.3, 0.4) is 0 Å². The summed E-state index contributed by atoms with van der Waals surface area (Å²) in [5.74, 6) is -0.280. The first kappa shape index (κ1) is 24.2. The van der Waals surface area contributed by atoms with Crippen LogP contribution in [0.2, 0.25) is 0 Å². The number of aryl methyl sites for hydroxylation is 1. The van der Waals surface area contributed by atoms with Gasteiger partial charge in [0, 0.05) is 22.8 Å². The molecular formula is C20H20N3NaO3S. The van der Waals surface area contributed by atoms with Gasteiger partial charge in [0.05, 0.1) is 15.7 Å². The molecule has 8 heteroatoms. The summed E-state index contributed by atoms with van der Waals surface area (Å²) in [4.78, 5) is 8.59. The summed E-state index contributed by atoms with van der Waals surface area (Å²) in [6, 6.07) is 7.91. The first-order valence-corrected chi connectivity index (χ1v) is 10.0. The van der Waals surface area contributed by atoms with E-state index in [4.69, 9.17) is 13.1 Å². The number of nitrogens with zero attached hydrogens (tertiary/aromatic N) is 3. The van der Waals surface area contributed by atoms with Gasteiger partial charge in [-0.2, -0.15) is 9.69 Å². The van der Waals surface area contributed by atoms with Crippen molar-refractivity contribution < 1.29 is 42.5 Å². The maximum atomic E-state index is 10.7. The molecule has 1 aromatic carbocycles. The van der Waals surface area contributed by atoms with E-state index < -0.39 is 10.1 Å². The normalized spacial score (nSPS) is 13.6. The molecule has 0 bridgehead atoms. The maximum Gasteiger partial charge on any atom is 1.00 e. The number of hydrogen-bond acceptors (Lipinski definition) is 4. The second-order valence-corrected chi connectivity index (χ2v) is 7.82. The van der Waals surface area contributed by atoms with E-state index in [9.17, 15) is 13.0 Å². The Morgan fingerprint density at radius 2 is 1.71 bits per heavy atom. The Bertz CT molecular complexity index is 974. The van der Waals surface area contributed by atoms with E-state index >= 15 is 0 Å². The van der Waals surface area contributed by atoms with E-state index in [1.165, 1.54) is 0 Å². The van der Waals surface area contributed by atoms with E-state index in [0.717, 1.165) is 22.6 Å². The van der Waals surface area contributed by atoms with Gasteiger partial charge in [-0.3, -0.25) is 0 Å². The third-order valence-corrected chi connectivity index (χ3v) is 4.97. The van der Waals surface area contributed by atoms with E-state index in [0.29, 0.717) is 24.8 Å². The zero-order chi connectivity index (χ0) is 20.0. The third kappa shape index (κ3) is 6.63. The maximum absolute atomic E-state index is 10.7. The molecule has 0 fully saturated rings. The minimum atomic E-state index is -4.15. The Labute approximate surface area is 188 Å². The van der Waals surface area contributed by atoms with Crippen LogP contribution in [0, 0.1) is 13.1 Å². The second-order valence-electron chi connectivity index (χ2n) is 6.30. The second kappa shape index (κ2) is 10.6. The Hall–Kier alpha value is -1.87. The SMILES string of the molecule is [C-]#[N+]C([N+]#[C-])=C1C=C(C)N(c2cccc(CCCCS(=O)(=O)[O-])c2)C(C)=C1.[Na+]. The van der Waals surface area contributed by atoms with Crippen LogP contribution in [0.4, 0.5) is 5.69 Å². The molecule has 0 saturated heterocycles. The first-order chi connectivity index (χ1) is 12.7. The third-order valence-electron chi connectivity index (χ3n) is 4.18. The zero-order valence-electron chi connectivity index (χ0n) is 16.3. The van der Waals surface area contributed by atoms with E-state index in [-0.39, 0.29) is 41.1 Å². The molecular weight excluding hydrogens is 385 g/mol.